The van der Waals surface area contributed by atoms with E-state index in [2.05, 4.69) is 4.98 Å². The maximum Gasteiger partial charge on any atom is 0.273 e. The van der Waals surface area contributed by atoms with Gasteiger partial charge in [-0.1, -0.05) is 6.07 Å². The zero-order chi connectivity index (χ0) is 17.2. The molecule has 1 aliphatic rings. The standard InChI is InChI=1S/C17H12N2O5S/c20-19(21)13-2-1-3-14(7-13)22-8-12-9-25-17(18-12)11-4-5-15-16(6-11)24-10-23-15/h1-7,9H,8,10H2. The number of nitrogens with zero attached hydrogens (tertiary/aromatic N) is 2. The number of benzene rings is 2. The van der Waals surface area contributed by atoms with Crippen molar-refractivity contribution in [1.82, 2.24) is 4.98 Å². The van der Waals surface area contributed by atoms with Gasteiger partial charge in [-0.25, -0.2) is 4.98 Å². The molecular weight excluding hydrogens is 344 g/mol. The third kappa shape index (κ3) is 3.24. The molecule has 1 aliphatic heterocycles. The smallest absolute Gasteiger partial charge is 0.273 e. The Morgan fingerprint density at radius 2 is 2.08 bits per heavy atom. The fourth-order valence-electron chi connectivity index (χ4n) is 2.38. The summed E-state index contributed by atoms with van der Waals surface area (Å²) in [5.41, 5.74) is 1.69. The Hall–Kier alpha value is -3.13. The predicted molar refractivity (Wildman–Crippen MR) is 91.1 cm³/mol. The largest absolute Gasteiger partial charge is 0.487 e. The molecule has 0 N–H and O–H groups in total. The highest BCUT2D eigenvalue weighted by Crippen LogP contribution is 2.36. The topological polar surface area (TPSA) is 83.7 Å². The van der Waals surface area contributed by atoms with Crippen molar-refractivity contribution in [2.75, 3.05) is 6.79 Å². The number of hydrogen-bond donors (Lipinski definition) is 0. The molecule has 0 unspecified atom stereocenters. The van der Waals surface area contributed by atoms with Crippen molar-refractivity contribution >= 4 is 17.0 Å². The average Bonchev–Trinajstić information content (AvgIpc) is 3.28. The fraction of sp³-hybridized carbons (Fsp3) is 0.118. The first-order chi connectivity index (χ1) is 12.2. The van der Waals surface area contributed by atoms with E-state index in [9.17, 15) is 10.1 Å². The normalized spacial score (nSPS) is 12.2. The van der Waals surface area contributed by atoms with Gasteiger partial charge >= 0.3 is 0 Å². The van der Waals surface area contributed by atoms with Crippen LogP contribution in [0.1, 0.15) is 5.69 Å². The van der Waals surface area contributed by atoms with Crippen LogP contribution in [0.15, 0.2) is 47.8 Å². The summed E-state index contributed by atoms with van der Waals surface area (Å²) in [6.45, 7) is 0.473. The van der Waals surface area contributed by atoms with Crippen LogP contribution in [0.4, 0.5) is 5.69 Å². The first-order valence-electron chi connectivity index (χ1n) is 7.41. The number of fused-ring (bicyclic) bond motifs is 1. The van der Waals surface area contributed by atoms with Gasteiger partial charge < -0.3 is 14.2 Å². The minimum Gasteiger partial charge on any atom is -0.487 e. The van der Waals surface area contributed by atoms with E-state index in [0.29, 0.717) is 11.5 Å². The van der Waals surface area contributed by atoms with Gasteiger partial charge in [0, 0.05) is 17.0 Å². The van der Waals surface area contributed by atoms with Gasteiger partial charge in [-0.15, -0.1) is 11.3 Å². The van der Waals surface area contributed by atoms with Crippen molar-refractivity contribution < 1.29 is 19.1 Å². The Morgan fingerprint density at radius 3 is 2.96 bits per heavy atom. The van der Waals surface area contributed by atoms with Gasteiger partial charge in [0.1, 0.15) is 17.4 Å². The number of thiazole rings is 1. The van der Waals surface area contributed by atoms with Crippen LogP contribution in [-0.2, 0) is 6.61 Å². The molecule has 7 nitrogen and oxygen atoms in total. The van der Waals surface area contributed by atoms with E-state index in [4.69, 9.17) is 14.2 Å². The van der Waals surface area contributed by atoms with Gasteiger partial charge in [-0.2, -0.15) is 0 Å². The molecule has 0 saturated heterocycles. The van der Waals surface area contributed by atoms with Gasteiger partial charge in [0.15, 0.2) is 11.5 Å². The highest BCUT2D eigenvalue weighted by Gasteiger charge is 2.15. The second-order valence-corrected chi connectivity index (χ2v) is 6.11. The molecule has 3 aromatic rings. The Balaban J connectivity index is 1.47. The van der Waals surface area contributed by atoms with E-state index in [1.165, 1.54) is 23.5 Å². The molecule has 0 aliphatic carbocycles. The minimum atomic E-state index is -0.451. The molecule has 0 spiro atoms. The van der Waals surface area contributed by atoms with Crippen LogP contribution in [0.25, 0.3) is 10.6 Å². The zero-order valence-corrected chi connectivity index (χ0v) is 13.7. The summed E-state index contributed by atoms with van der Waals surface area (Å²) >= 11 is 1.50. The average molecular weight is 356 g/mol. The first kappa shape index (κ1) is 15.4. The van der Waals surface area contributed by atoms with E-state index in [1.807, 2.05) is 23.6 Å². The fourth-order valence-corrected chi connectivity index (χ4v) is 3.18. The molecule has 1 aromatic heterocycles. The van der Waals surface area contributed by atoms with E-state index >= 15 is 0 Å². The molecule has 0 saturated carbocycles. The van der Waals surface area contributed by atoms with Crippen molar-refractivity contribution in [2.45, 2.75) is 6.61 Å². The number of nitro benzene ring substituents is 1. The van der Waals surface area contributed by atoms with E-state index in [0.717, 1.165) is 22.0 Å². The maximum atomic E-state index is 10.8. The summed E-state index contributed by atoms with van der Waals surface area (Å²) in [6, 6.07) is 11.8. The Kier molecular flexibility index (Phi) is 3.95. The Morgan fingerprint density at radius 1 is 1.20 bits per heavy atom. The lowest BCUT2D eigenvalue weighted by molar-refractivity contribution is -0.384. The summed E-state index contributed by atoms with van der Waals surface area (Å²) in [6.07, 6.45) is 0. The number of non-ortho nitro benzene ring substituents is 1. The van der Waals surface area contributed by atoms with Crippen LogP contribution in [-0.4, -0.2) is 16.7 Å². The molecule has 4 rings (SSSR count). The van der Waals surface area contributed by atoms with Crippen molar-refractivity contribution in [2.24, 2.45) is 0 Å². The summed E-state index contributed by atoms with van der Waals surface area (Å²) in [7, 11) is 0. The Bertz CT molecular complexity index is 940. The van der Waals surface area contributed by atoms with Gasteiger partial charge in [-0.05, 0) is 24.3 Å². The maximum absolute atomic E-state index is 10.8. The third-order valence-corrected chi connectivity index (χ3v) is 4.53. The summed E-state index contributed by atoms with van der Waals surface area (Å²) in [4.78, 5) is 14.9. The van der Waals surface area contributed by atoms with E-state index in [-0.39, 0.29) is 19.1 Å². The second kappa shape index (κ2) is 6.40. The molecule has 0 radical (unpaired) electrons. The second-order valence-electron chi connectivity index (χ2n) is 5.26. The zero-order valence-electron chi connectivity index (χ0n) is 12.9. The molecule has 2 aromatic carbocycles. The van der Waals surface area contributed by atoms with Gasteiger partial charge in [0.05, 0.1) is 16.7 Å². The molecule has 126 valence electrons. The van der Waals surface area contributed by atoms with Gasteiger partial charge in [0.2, 0.25) is 6.79 Å². The molecule has 2 heterocycles. The lowest BCUT2D eigenvalue weighted by atomic mass is 10.2. The van der Waals surface area contributed by atoms with Crippen LogP contribution in [0.5, 0.6) is 17.2 Å². The van der Waals surface area contributed by atoms with Crippen LogP contribution < -0.4 is 14.2 Å². The van der Waals surface area contributed by atoms with Crippen LogP contribution in [0.3, 0.4) is 0 Å². The summed E-state index contributed by atoms with van der Waals surface area (Å²) in [5, 5.41) is 13.5. The van der Waals surface area contributed by atoms with Crippen molar-refractivity contribution in [3.05, 3.63) is 63.7 Å². The molecule has 8 heteroatoms. The molecule has 0 fully saturated rings. The third-order valence-electron chi connectivity index (χ3n) is 3.59. The molecule has 0 amide bonds. The molecular formula is C17H12N2O5S. The molecule has 25 heavy (non-hydrogen) atoms. The first-order valence-corrected chi connectivity index (χ1v) is 8.29. The number of hydrogen-bond acceptors (Lipinski definition) is 7. The van der Waals surface area contributed by atoms with Gasteiger partial charge in [0.25, 0.3) is 5.69 Å². The van der Waals surface area contributed by atoms with Crippen LogP contribution in [0.2, 0.25) is 0 Å². The highest BCUT2D eigenvalue weighted by molar-refractivity contribution is 7.13. The highest BCUT2D eigenvalue weighted by atomic mass is 32.1. The van der Waals surface area contributed by atoms with Crippen molar-refractivity contribution in [3.8, 4) is 27.8 Å². The number of aromatic nitrogens is 1. The lowest BCUT2D eigenvalue weighted by Gasteiger charge is -2.03. The van der Waals surface area contributed by atoms with E-state index < -0.39 is 4.92 Å². The number of nitro groups is 1. The predicted octanol–water partition coefficient (Wildman–Crippen LogP) is 4.03. The number of rotatable bonds is 5. The lowest BCUT2D eigenvalue weighted by Crippen LogP contribution is -1.96. The van der Waals surface area contributed by atoms with Crippen molar-refractivity contribution in [1.29, 1.82) is 0 Å². The number of ether oxygens (including phenoxy) is 3. The quantitative estimate of drug-likeness (QED) is 0.507. The SMILES string of the molecule is O=[N+]([O-])c1cccc(OCc2csc(-c3ccc4c(c3)OCO4)n2)c1. The monoisotopic (exact) mass is 356 g/mol. The van der Waals surface area contributed by atoms with Crippen LogP contribution >= 0.6 is 11.3 Å². The molecule has 0 atom stereocenters. The van der Waals surface area contributed by atoms with E-state index in [1.54, 1.807) is 12.1 Å². The summed E-state index contributed by atoms with van der Waals surface area (Å²) in [5.74, 6) is 1.88. The van der Waals surface area contributed by atoms with Gasteiger partial charge in [-0.3, -0.25) is 10.1 Å². The molecule has 0 bridgehead atoms. The van der Waals surface area contributed by atoms with Crippen molar-refractivity contribution in [3.63, 3.8) is 0 Å². The summed E-state index contributed by atoms with van der Waals surface area (Å²) < 4.78 is 16.3. The Labute approximate surface area is 146 Å². The minimum absolute atomic E-state index is 0.00294. The van der Waals surface area contributed by atoms with Crippen LogP contribution in [0, 0.1) is 10.1 Å².